The van der Waals surface area contributed by atoms with Crippen molar-refractivity contribution in [2.24, 2.45) is 0 Å². The van der Waals surface area contributed by atoms with E-state index in [-0.39, 0.29) is 98.3 Å². The van der Waals surface area contributed by atoms with Crippen molar-refractivity contribution in [2.75, 3.05) is 0 Å². The molecule has 0 saturated carbocycles. The predicted molar refractivity (Wildman–Crippen MR) is 31.2 cm³/mol. The van der Waals surface area contributed by atoms with Gasteiger partial charge in [-0.1, -0.05) is 0 Å². The van der Waals surface area contributed by atoms with Crippen LogP contribution in [0.25, 0.3) is 0 Å². The Hall–Kier alpha value is 3.29. The fourth-order valence-electron chi connectivity index (χ4n) is 0. The van der Waals surface area contributed by atoms with Crippen molar-refractivity contribution in [2.45, 2.75) is 0 Å². The maximum absolute atomic E-state index is 0. The molecule has 0 rings (SSSR count). The SMILES string of the molecule is [Ag].[BiH3].[InH3].[SnH4]. The first kappa shape index (κ1) is 26.6. The molecule has 0 spiro atoms. The quantitative estimate of drug-likeness (QED) is 0.267. The molecular formula is H10AgBiInSn. The van der Waals surface area contributed by atoms with Crippen molar-refractivity contribution in [3.05, 3.63) is 0 Å². The first-order chi connectivity index (χ1) is 0. The van der Waals surface area contributed by atoms with Gasteiger partial charge in [-0.15, -0.1) is 0 Å². The molecule has 4 heavy (non-hydrogen) atoms. The van der Waals surface area contributed by atoms with Crippen LogP contribution < -0.4 is 0 Å². The molecule has 0 aliphatic carbocycles. The summed E-state index contributed by atoms with van der Waals surface area (Å²) in [5.41, 5.74) is 0. The third-order valence-corrected chi connectivity index (χ3v) is 0. The second-order valence-corrected chi connectivity index (χ2v) is 0. The van der Waals surface area contributed by atoms with Crippen LogP contribution in [0.15, 0.2) is 0 Å². The topological polar surface area (TPSA) is 0 Å². The molecule has 0 aromatic rings. The standard InChI is InChI=1S/Ag.Bi.In.Sn.10H. The van der Waals surface area contributed by atoms with Crippen LogP contribution in [-0.4, -0.2) is 76.0 Å². The van der Waals surface area contributed by atoms with Gasteiger partial charge in [-0.3, -0.25) is 0 Å². The predicted octanol–water partition coefficient (Wildman–Crippen LogP) is -3.82. The van der Waals surface area contributed by atoms with E-state index in [4.69, 9.17) is 0 Å². The van der Waals surface area contributed by atoms with Gasteiger partial charge in [0.05, 0.1) is 0 Å². The van der Waals surface area contributed by atoms with E-state index in [1.807, 2.05) is 0 Å². The third-order valence-electron chi connectivity index (χ3n) is 0. The average Bonchev–Trinajstić information content (AvgIpc) is 0. The molecule has 0 atom stereocenters. The Balaban J connectivity index is 0. The summed E-state index contributed by atoms with van der Waals surface area (Å²) in [5, 5.41) is 0. The van der Waals surface area contributed by atoms with Gasteiger partial charge in [-0.2, -0.15) is 0 Å². The van der Waals surface area contributed by atoms with Gasteiger partial charge in [0.1, 0.15) is 0 Å². The van der Waals surface area contributed by atoms with E-state index >= 15 is 0 Å². The molecule has 0 aromatic heterocycles. The minimum absolute atomic E-state index is 0. The van der Waals surface area contributed by atoms with Gasteiger partial charge in [-0.05, 0) is 0 Å². The Bertz CT molecular complexity index is 8.00. The van der Waals surface area contributed by atoms with E-state index < -0.39 is 0 Å². The summed E-state index contributed by atoms with van der Waals surface area (Å²) in [6.45, 7) is 0. The molecule has 0 nitrogen and oxygen atoms in total. The van der Waals surface area contributed by atoms with Crippen LogP contribution in [0.5, 0.6) is 0 Å². The summed E-state index contributed by atoms with van der Waals surface area (Å²) in [7, 11) is 0. The van der Waals surface area contributed by atoms with Crippen LogP contribution in [0.3, 0.4) is 0 Å². The van der Waals surface area contributed by atoms with Crippen LogP contribution in [0.1, 0.15) is 0 Å². The molecule has 0 amide bonds. The van der Waals surface area contributed by atoms with E-state index in [0.717, 1.165) is 0 Å². The van der Waals surface area contributed by atoms with Crippen molar-refractivity contribution in [1.82, 2.24) is 0 Å². The molecule has 0 aromatic carbocycles. The van der Waals surface area contributed by atoms with Gasteiger partial charge in [0.15, 0.2) is 0 Å². The summed E-state index contributed by atoms with van der Waals surface area (Å²) >= 11 is 0. The van der Waals surface area contributed by atoms with Gasteiger partial charge in [0.25, 0.3) is 0 Å². The maximum atomic E-state index is 0. The molecule has 1 radical (unpaired) electrons. The van der Waals surface area contributed by atoms with Crippen LogP contribution in [0.2, 0.25) is 0 Å². The first-order valence-corrected chi connectivity index (χ1v) is 0. The molecule has 0 aliphatic rings. The van der Waals surface area contributed by atoms with Crippen molar-refractivity contribution in [3.8, 4) is 0 Å². The summed E-state index contributed by atoms with van der Waals surface area (Å²) in [6, 6.07) is 0. The van der Waals surface area contributed by atoms with E-state index in [0.29, 0.717) is 0 Å². The van der Waals surface area contributed by atoms with E-state index in [9.17, 15) is 0 Å². The van der Waals surface area contributed by atoms with E-state index in [2.05, 4.69) is 0 Å². The Morgan fingerprint density at radius 2 is 1.00 bits per heavy atom. The molecule has 33 valence electrons. The van der Waals surface area contributed by atoms with E-state index in [1.165, 1.54) is 0 Å². The third kappa shape index (κ3) is 9.00. The first-order valence-electron chi connectivity index (χ1n) is 0. The van der Waals surface area contributed by atoms with Crippen molar-refractivity contribution in [3.63, 3.8) is 0 Å². The Morgan fingerprint density at radius 3 is 1.00 bits per heavy atom. The van der Waals surface area contributed by atoms with Gasteiger partial charge in [0.2, 0.25) is 0 Å². The molecule has 0 fully saturated rings. The van der Waals surface area contributed by atoms with Gasteiger partial charge < -0.3 is 0 Å². The fraction of sp³-hybridized carbons (Fsp3) is 0. The van der Waals surface area contributed by atoms with Crippen molar-refractivity contribution in [1.29, 1.82) is 0 Å². The number of hydrogen-bond acceptors (Lipinski definition) is 0. The van der Waals surface area contributed by atoms with Crippen LogP contribution in [-0.2, 0) is 22.4 Å². The van der Waals surface area contributed by atoms with E-state index in [1.54, 1.807) is 0 Å². The Morgan fingerprint density at radius 1 is 1.00 bits per heavy atom. The number of rotatable bonds is 0. The molecule has 0 bridgehead atoms. The van der Waals surface area contributed by atoms with Gasteiger partial charge in [0, 0.05) is 22.4 Å². The van der Waals surface area contributed by atoms with Crippen molar-refractivity contribution < 1.29 is 22.4 Å². The summed E-state index contributed by atoms with van der Waals surface area (Å²) in [5.74, 6) is 0. The molecule has 4 heteroatoms. The second kappa shape index (κ2) is 16.3. The fourth-order valence-corrected chi connectivity index (χ4v) is 0. The average molecular weight is 560 g/mol. The molecule has 0 unspecified atom stereocenters. The second-order valence-electron chi connectivity index (χ2n) is 0. The molecular weight excluding hydrogens is 550 g/mol. The van der Waals surface area contributed by atoms with Gasteiger partial charge in [-0.25, -0.2) is 0 Å². The zero-order valence-electron chi connectivity index (χ0n) is 1.01. The number of hydrogen-bond donors (Lipinski definition) is 0. The Kier molecular flexibility index (Phi) is 108. The zero-order chi connectivity index (χ0) is 0. The van der Waals surface area contributed by atoms with Crippen LogP contribution in [0.4, 0.5) is 0 Å². The summed E-state index contributed by atoms with van der Waals surface area (Å²) in [4.78, 5) is 0. The zero-order valence-corrected chi connectivity index (χ0v) is 7.99. The molecule has 0 heterocycles. The van der Waals surface area contributed by atoms with Crippen LogP contribution >= 0.6 is 0 Å². The molecule has 0 aliphatic heterocycles. The van der Waals surface area contributed by atoms with Gasteiger partial charge >= 0.3 is 76.0 Å². The Labute approximate surface area is 96.2 Å². The normalized spacial score (nSPS) is 0. The van der Waals surface area contributed by atoms with Crippen LogP contribution in [0, 0.1) is 0 Å². The molecule has 0 N–H and O–H groups in total. The molecule has 0 saturated heterocycles. The minimum atomic E-state index is 0. The summed E-state index contributed by atoms with van der Waals surface area (Å²) < 4.78 is 0. The monoisotopic (exact) mass is 561 g/mol. The van der Waals surface area contributed by atoms with Crippen molar-refractivity contribution >= 4 is 76.0 Å². The summed E-state index contributed by atoms with van der Waals surface area (Å²) in [6.07, 6.45) is 0.